The second kappa shape index (κ2) is 7.88. The maximum absolute atomic E-state index is 13.5. The summed E-state index contributed by atoms with van der Waals surface area (Å²) in [6.07, 6.45) is 0.969. The van der Waals surface area contributed by atoms with Crippen LogP contribution in [0.1, 0.15) is 46.5 Å². The molecule has 5 nitrogen and oxygen atoms in total. The second-order valence-electron chi connectivity index (χ2n) is 8.30. The number of benzene rings is 2. The van der Waals surface area contributed by atoms with E-state index in [0.717, 1.165) is 5.56 Å². The zero-order chi connectivity index (χ0) is 21.5. The van der Waals surface area contributed by atoms with Gasteiger partial charge in [-0.15, -0.1) is 0 Å². The van der Waals surface area contributed by atoms with Crippen LogP contribution in [0.5, 0.6) is 0 Å². The Kier molecular flexibility index (Phi) is 5.41. The van der Waals surface area contributed by atoms with Gasteiger partial charge in [-0.2, -0.15) is 0 Å². The van der Waals surface area contributed by atoms with Crippen molar-refractivity contribution in [3.05, 3.63) is 70.2 Å². The Morgan fingerprint density at radius 1 is 1.10 bits per heavy atom. The van der Waals surface area contributed by atoms with Gasteiger partial charge in [-0.05, 0) is 44.0 Å². The molecule has 2 aromatic carbocycles. The molecule has 30 heavy (non-hydrogen) atoms. The summed E-state index contributed by atoms with van der Waals surface area (Å²) < 4.78 is 0. The standard InChI is InChI=1S/C24H25ClN2O3/c1-3-27-20-14-26(21(28)13-10-16-8-11-17(25)12-9-16)15-24(20,2)22(29)18-6-4-5-7-19(18)23(27)30/h4-9,11-12,20H,3,10,13-15H2,1-2H3/t20-,24+/m1/s1. The van der Waals surface area contributed by atoms with Crippen LogP contribution >= 0.6 is 11.6 Å². The normalized spacial score (nSPS) is 23.2. The highest BCUT2D eigenvalue weighted by Crippen LogP contribution is 2.41. The molecule has 0 N–H and O–H groups in total. The lowest BCUT2D eigenvalue weighted by molar-refractivity contribution is -0.130. The molecule has 0 saturated carbocycles. The first kappa shape index (κ1) is 20.6. The van der Waals surface area contributed by atoms with Crippen molar-refractivity contribution in [3.8, 4) is 0 Å². The maximum atomic E-state index is 13.5. The Morgan fingerprint density at radius 3 is 2.43 bits per heavy atom. The summed E-state index contributed by atoms with van der Waals surface area (Å²) in [5.74, 6) is -0.185. The van der Waals surface area contributed by atoms with Gasteiger partial charge in [0, 0.05) is 36.6 Å². The van der Waals surface area contributed by atoms with E-state index in [4.69, 9.17) is 11.6 Å². The van der Waals surface area contributed by atoms with E-state index in [1.54, 1.807) is 34.1 Å². The van der Waals surface area contributed by atoms with Gasteiger partial charge in [0.05, 0.1) is 17.0 Å². The van der Waals surface area contributed by atoms with Gasteiger partial charge in [0.15, 0.2) is 5.78 Å². The molecule has 0 aliphatic carbocycles. The number of aryl methyl sites for hydroxylation is 1. The number of amides is 2. The van der Waals surface area contributed by atoms with Crippen LogP contribution in [0.3, 0.4) is 0 Å². The van der Waals surface area contributed by atoms with Crippen LogP contribution in [0.2, 0.25) is 5.02 Å². The fourth-order valence-electron chi connectivity index (χ4n) is 4.73. The average Bonchev–Trinajstić information content (AvgIpc) is 3.09. The van der Waals surface area contributed by atoms with Gasteiger partial charge < -0.3 is 9.80 Å². The van der Waals surface area contributed by atoms with Crippen molar-refractivity contribution in [3.63, 3.8) is 0 Å². The molecule has 0 spiro atoms. The minimum absolute atomic E-state index is 0.00355. The molecule has 2 amide bonds. The van der Waals surface area contributed by atoms with Gasteiger partial charge in [0.1, 0.15) is 0 Å². The first-order chi connectivity index (χ1) is 14.3. The summed E-state index contributed by atoms with van der Waals surface area (Å²) in [6.45, 7) is 5.02. The van der Waals surface area contributed by atoms with Crippen molar-refractivity contribution in [2.75, 3.05) is 19.6 Å². The molecule has 1 saturated heterocycles. The molecular formula is C24H25ClN2O3. The Balaban J connectivity index is 1.57. The molecule has 2 aliphatic heterocycles. The Morgan fingerprint density at radius 2 is 1.77 bits per heavy atom. The molecule has 156 valence electrons. The number of likely N-dealkylation sites (tertiary alicyclic amines) is 1. The molecule has 2 heterocycles. The van der Waals surface area contributed by atoms with E-state index >= 15 is 0 Å². The number of rotatable bonds is 4. The molecule has 1 fully saturated rings. The van der Waals surface area contributed by atoms with Crippen LogP contribution in [0.15, 0.2) is 48.5 Å². The van der Waals surface area contributed by atoms with Crippen LogP contribution in [-0.4, -0.2) is 53.1 Å². The fourth-order valence-corrected chi connectivity index (χ4v) is 4.85. The number of carbonyl (C=O) groups is 3. The van der Waals surface area contributed by atoms with E-state index in [1.165, 1.54) is 0 Å². The van der Waals surface area contributed by atoms with Crippen molar-refractivity contribution in [1.82, 2.24) is 9.80 Å². The number of likely N-dealkylation sites (N-methyl/N-ethyl adjacent to an activating group) is 1. The van der Waals surface area contributed by atoms with Crippen molar-refractivity contribution in [2.24, 2.45) is 5.41 Å². The first-order valence-electron chi connectivity index (χ1n) is 10.3. The fraction of sp³-hybridized carbons (Fsp3) is 0.375. The zero-order valence-corrected chi connectivity index (χ0v) is 18.0. The maximum Gasteiger partial charge on any atom is 0.254 e. The van der Waals surface area contributed by atoms with Gasteiger partial charge in [0.2, 0.25) is 5.91 Å². The van der Waals surface area contributed by atoms with Crippen LogP contribution in [0.4, 0.5) is 0 Å². The lowest BCUT2D eigenvalue weighted by atomic mass is 9.78. The summed E-state index contributed by atoms with van der Waals surface area (Å²) in [7, 11) is 0. The van der Waals surface area contributed by atoms with E-state index in [-0.39, 0.29) is 23.6 Å². The monoisotopic (exact) mass is 424 g/mol. The van der Waals surface area contributed by atoms with Crippen LogP contribution in [0.25, 0.3) is 0 Å². The third-order valence-electron chi connectivity index (χ3n) is 6.44. The molecule has 2 atom stereocenters. The molecule has 2 aliphatic rings. The predicted octanol–water partition coefficient (Wildman–Crippen LogP) is 3.85. The molecule has 0 bridgehead atoms. The number of ketones is 1. The quantitative estimate of drug-likeness (QED) is 0.749. The topological polar surface area (TPSA) is 57.7 Å². The molecule has 0 unspecified atom stereocenters. The molecule has 4 rings (SSSR count). The molecule has 0 radical (unpaired) electrons. The van der Waals surface area contributed by atoms with Gasteiger partial charge in [-0.3, -0.25) is 14.4 Å². The van der Waals surface area contributed by atoms with Crippen molar-refractivity contribution in [2.45, 2.75) is 32.7 Å². The van der Waals surface area contributed by atoms with Crippen molar-refractivity contribution in [1.29, 1.82) is 0 Å². The van der Waals surface area contributed by atoms with E-state index in [9.17, 15) is 14.4 Å². The highest BCUT2D eigenvalue weighted by atomic mass is 35.5. The number of Topliss-reactive ketones (excluding diaryl/α,β-unsaturated/α-hetero) is 1. The predicted molar refractivity (Wildman–Crippen MR) is 116 cm³/mol. The summed E-state index contributed by atoms with van der Waals surface area (Å²) in [6, 6.07) is 14.2. The number of nitrogens with zero attached hydrogens (tertiary/aromatic N) is 2. The second-order valence-corrected chi connectivity index (χ2v) is 8.74. The number of fused-ring (bicyclic) bond motifs is 2. The van der Waals surface area contributed by atoms with Gasteiger partial charge in [0.25, 0.3) is 5.91 Å². The molecule has 0 aromatic heterocycles. The number of halogens is 1. The summed E-state index contributed by atoms with van der Waals surface area (Å²) >= 11 is 5.93. The number of hydrogen-bond donors (Lipinski definition) is 0. The Bertz CT molecular complexity index is 1000. The van der Waals surface area contributed by atoms with Gasteiger partial charge >= 0.3 is 0 Å². The smallest absolute Gasteiger partial charge is 0.254 e. The zero-order valence-electron chi connectivity index (χ0n) is 17.2. The summed E-state index contributed by atoms with van der Waals surface area (Å²) in [4.78, 5) is 43.2. The molecule has 6 heteroatoms. The Labute approximate surface area is 181 Å². The van der Waals surface area contributed by atoms with Crippen LogP contribution in [0, 0.1) is 5.41 Å². The Hall–Kier alpha value is -2.66. The third kappa shape index (κ3) is 3.41. The SMILES string of the molecule is CCN1C(=O)c2ccccc2C(=O)[C@@]2(C)CN(C(=O)CCc3ccc(Cl)cc3)C[C@@H]12. The van der Waals surface area contributed by atoms with E-state index in [2.05, 4.69) is 0 Å². The molecule has 2 aromatic rings. The minimum Gasteiger partial charge on any atom is -0.339 e. The van der Waals surface area contributed by atoms with Gasteiger partial charge in [-0.1, -0.05) is 41.9 Å². The number of carbonyl (C=O) groups excluding carboxylic acids is 3. The van der Waals surface area contributed by atoms with Crippen molar-refractivity contribution >= 4 is 29.2 Å². The van der Waals surface area contributed by atoms with Crippen molar-refractivity contribution < 1.29 is 14.4 Å². The van der Waals surface area contributed by atoms with Crippen LogP contribution in [-0.2, 0) is 11.2 Å². The summed E-state index contributed by atoms with van der Waals surface area (Å²) in [5, 5.41) is 0.667. The lowest BCUT2D eigenvalue weighted by Gasteiger charge is -2.34. The minimum atomic E-state index is -0.811. The number of hydrogen-bond acceptors (Lipinski definition) is 3. The average molecular weight is 425 g/mol. The highest BCUT2D eigenvalue weighted by molar-refractivity contribution is 6.30. The lowest BCUT2D eigenvalue weighted by Crippen LogP contribution is -2.49. The van der Waals surface area contributed by atoms with E-state index < -0.39 is 5.41 Å². The summed E-state index contributed by atoms with van der Waals surface area (Å²) in [5.41, 5.74) is 1.15. The largest absolute Gasteiger partial charge is 0.339 e. The van der Waals surface area contributed by atoms with E-state index in [0.29, 0.717) is 48.6 Å². The van der Waals surface area contributed by atoms with E-state index in [1.807, 2.05) is 38.1 Å². The molecular weight excluding hydrogens is 400 g/mol. The van der Waals surface area contributed by atoms with Gasteiger partial charge in [-0.25, -0.2) is 0 Å². The third-order valence-corrected chi connectivity index (χ3v) is 6.69. The van der Waals surface area contributed by atoms with Crippen LogP contribution < -0.4 is 0 Å². The first-order valence-corrected chi connectivity index (χ1v) is 10.7. The highest BCUT2D eigenvalue weighted by Gasteiger charge is 2.55.